The molecule has 2 rings (SSSR count). The first-order valence-electron chi connectivity index (χ1n) is 7.76. The summed E-state index contributed by atoms with van der Waals surface area (Å²) in [4.78, 5) is 15.6. The zero-order valence-electron chi connectivity index (χ0n) is 13.8. The zero-order chi connectivity index (χ0) is 16.3. The average Bonchev–Trinajstić information content (AvgIpc) is 3.31. The van der Waals surface area contributed by atoms with Crippen molar-refractivity contribution in [1.82, 2.24) is 10.2 Å². The van der Waals surface area contributed by atoms with Crippen LogP contribution in [0.1, 0.15) is 30.9 Å². The third kappa shape index (κ3) is 5.00. The summed E-state index contributed by atoms with van der Waals surface area (Å²) in [5, 5.41) is 3.05. The smallest absolute Gasteiger partial charge is 0.230 e. The lowest BCUT2D eigenvalue weighted by molar-refractivity contribution is -0.118. The molecule has 1 atom stereocenters. The van der Waals surface area contributed by atoms with Crippen molar-refractivity contribution >= 4 is 33.6 Å². The molecular formula is C17H25BrN2OS. The second-order valence-corrected chi connectivity index (χ2v) is 8.08. The Morgan fingerprint density at radius 3 is 2.73 bits per heavy atom. The molecular weight excluding hydrogens is 360 g/mol. The lowest BCUT2D eigenvalue weighted by Crippen LogP contribution is -2.41. The highest BCUT2D eigenvalue weighted by molar-refractivity contribution is 9.10. The number of nitrogens with zero attached hydrogens (tertiary/aromatic N) is 1. The van der Waals surface area contributed by atoms with E-state index in [4.69, 9.17) is 0 Å². The molecule has 1 aromatic carbocycles. The maximum Gasteiger partial charge on any atom is 0.230 e. The van der Waals surface area contributed by atoms with Crippen molar-refractivity contribution < 1.29 is 4.79 Å². The Labute approximate surface area is 146 Å². The van der Waals surface area contributed by atoms with Gasteiger partial charge in [0.05, 0.1) is 5.75 Å². The van der Waals surface area contributed by atoms with Crippen LogP contribution in [0.2, 0.25) is 0 Å². The van der Waals surface area contributed by atoms with Crippen LogP contribution in [0.5, 0.6) is 0 Å². The molecule has 1 saturated carbocycles. The normalized spacial score (nSPS) is 15.9. The number of likely N-dealkylation sites (N-methyl/N-ethyl adjacent to an activating group) is 1. The van der Waals surface area contributed by atoms with E-state index in [-0.39, 0.29) is 5.91 Å². The van der Waals surface area contributed by atoms with Gasteiger partial charge in [0, 0.05) is 28.0 Å². The fraction of sp³-hybridized carbons (Fsp3) is 0.588. The van der Waals surface area contributed by atoms with Crippen LogP contribution in [0.25, 0.3) is 0 Å². The van der Waals surface area contributed by atoms with Gasteiger partial charge in [0.1, 0.15) is 0 Å². The topological polar surface area (TPSA) is 32.3 Å². The molecule has 1 N–H and O–H groups in total. The van der Waals surface area contributed by atoms with E-state index >= 15 is 0 Å². The highest BCUT2D eigenvalue weighted by Gasteiger charge is 2.29. The molecule has 122 valence electrons. The van der Waals surface area contributed by atoms with Crippen LogP contribution in [0.3, 0.4) is 0 Å². The number of halogens is 1. The highest BCUT2D eigenvalue weighted by atomic mass is 79.9. The van der Waals surface area contributed by atoms with E-state index in [1.54, 1.807) is 11.8 Å². The second-order valence-electron chi connectivity index (χ2n) is 6.21. The molecule has 22 heavy (non-hydrogen) atoms. The highest BCUT2D eigenvalue weighted by Crippen LogP contribution is 2.28. The fourth-order valence-electron chi connectivity index (χ4n) is 2.35. The summed E-state index contributed by atoms with van der Waals surface area (Å²) in [6.07, 6.45) is 2.60. The van der Waals surface area contributed by atoms with Gasteiger partial charge < -0.3 is 5.32 Å². The zero-order valence-corrected chi connectivity index (χ0v) is 16.2. The lowest BCUT2D eigenvalue weighted by atomic mass is 10.2. The first kappa shape index (κ1) is 17.8. The van der Waals surface area contributed by atoms with Crippen LogP contribution < -0.4 is 5.32 Å². The number of amides is 1. The Kier molecular flexibility index (Phi) is 6.36. The molecule has 0 bridgehead atoms. The minimum absolute atomic E-state index is 0.112. The number of carbonyl (C=O) groups excluding carboxylic acids is 1. The molecule has 0 aromatic heterocycles. The third-order valence-electron chi connectivity index (χ3n) is 4.23. The van der Waals surface area contributed by atoms with Crippen LogP contribution in [0, 0.1) is 13.8 Å². The molecule has 3 nitrogen and oxygen atoms in total. The number of rotatable bonds is 7. The molecule has 1 fully saturated rings. The molecule has 0 heterocycles. The standard InChI is InChI=1S/C17H25BrN2OS/c1-11-8-16(12(2)7-15(11)18)22-10-17(21)19-9-13(3)20(4)14-5-6-14/h7-8,13-14H,5-6,9-10H2,1-4H3,(H,19,21). The Hall–Kier alpha value is -0.520. The van der Waals surface area contributed by atoms with Crippen LogP contribution >= 0.6 is 27.7 Å². The number of aryl methyl sites for hydroxylation is 2. The van der Waals surface area contributed by atoms with E-state index < -0.39 is 0 Å². The van der Waals surface area contributed by atoms with E-state index in [9.17, 15) is 4.79 Å². The van der Waals surface area contributed by atoms with E-state index in [0.717, 1.165) is 17.1 Å². The van der Waals surface area contributed by atoms with Gasteiger partial charge in [-0.25, -0.2) is 0 Å². The molecule has 1 aromatic rings. The Morgan fingerprint density at radius 2 is 2.09 bits per heavy atom. The van der Waals surface area contributed by atoms with Gasteiger partial charge in [-0.05, 0) is 63.9 Å². The predicted molar refractivity (Wildman–Crippen MR) is 97.6 cm³/mol. The van der Waals surface area contributed by atoms with Crippen LogP contribution in [0.4, 0.5) is 0 Å². The quantitative estimate of drug-likeness (QED) is 0.726. The largest absolute Gasteiger partial charge is 0.354 e. The fourth-order valence-corrected chi connectivity index (χ4v) is 3.74. The summed E-state index contributed by atoms with van der Waals surface area (Å²) in [5.74, 6) is 0.586. The molecule has 1 unspecified atom stereocenters. The van der Waals surface area contributed by atoms with Gasteiger partial charge in [0.2, 0.25) is 5.91 Å². The van der Waals surface area contributed by atoms with Gasteiger partial charge in [-0.2, -0.15) is 0 Å². The van der Waals surface area contributed by atoms with E-state index in [1.807, 2.05) is 0 Å². The third-order valence-corrected chi connectivity index (χ3v) is 6.24. The summed E-state index contributed by atoms with van der Waals surface area (Å²) >= 11 is 5.15. The van der Waals surface area contributed by atoms with E-state index in [2.05, 4.69) is 66.1 Å². The number of benzene rings is 1. The summed E-state index contributed by atoms with van der Waals surface area (Å²) in [7, 11) is 2.15. The maximum absolute atomic E-state index is 12.0. The van der Waals surface area contributed by atoms with Crippen molar-refractivity contribution in [3.63, 3.8) is 0 Å². The summed E-state index contributed by atoms with van der Waals surface area (Å²) < 4.78 is 1.12. The van der Waals surface area contributed by atoms with Crippen LogP contribution in [-0.2, 0) is 4.79 Å². The summed E-state index contributed by atoms with van der Waals surface area (Å²) in [6.45, 7) is 7.05. The van der Waals surface area contributed by atoms with Crippen molar-refractivity contribution in [2.45, 2.75) is 50.6 Å². The minimum Gasteiger partial charge on any atom is -0.354 e. The maximum atomic E-state index is 12.0. The first-order chi connectivity index (χ1) is 10.4. The molecule has 1 aliphatic carbocycles. The van der Waals surface area contributed by atoms with Crippen molar-refractivity contribution in [2.75, 3.05) is 19.3 Å². The monoisotopic (exact) mass is 384 g/mol. The average molecular weight is 385 g/mol. The number of hydrogen-bond acceptors (Lipinski definition) is 3. The van der Waals surface area contributed by atoms with E-state index in [1.165, 1.54) is 28.9 Å². The first-order valence-corrected chi connectivity index (χ1v) is 9.54. The van der Waals surface area contributed by atoms with Crippen molar-refractivity contribution in [1.29, 1.82) is 0 Å². The van der Waals surface area contributed by atoms with Crippen LogP contribution in [-0.4, -0.2) is 42.2 Å². The number of thioether (sulfide) groups is 1. The predicted octanol–water partition coefficient (Wildman–Crippen LogP) is 3.76. The molecule has 5 heteroatoms. The van der Waals surface area contributed by atoms with Gasteiger partial charge in [0.25, 0.3) is 0 Å². The molecule has 0 radical (unpaired) electrons. The minimum atomic E-state index is 0.112. The van der Waals surface area contributed by atoms with Crippen molar-refractivity contribution in [2.24, 2.45) is 0 Å². The van der Waals surface area contributed by atoms with Gasteiger partial charge in [-0.1, -0.05) is 15.9 Å². The van der Waals surface area contributed by atoms with Crippen molar-refractivity contribution in [3.8, 4) is 0 Å². The molecule has 1 aliphatic rings. The molecule has 0 aliphatic heterocycles. The van der Waals surface area contributed by atoms with Crippen LogP contribution in [0.15, 0.2) is 21.5 Å². The second kappa shape index (κ2) is 7.84. The summed E-state index contributed by atoms with van der Waals surface area (Å²) in [6, 6.07) is 5.39. The molecule has 0 spiro atoms. The molecule has 1 amide bonds. The summed E-state index contributed by atoms with van der Waals surface area (Å²) in [5.41, 5.74) is 2.41. The molecule has 0 saturated heterocycles. The van der Waals surface area contributed by atoms with Gasteiger partial charge in [-0.3, -0.25) is 9.69 Å². The van der Waals surface area contributed by atoms with Gasteiger partial charge >= 0.3 is 0 Å². The lowest BCUT2D eigenvalue weighted by Gasteiger charge is -2.24. The Bertz CT molecular complexity index is 546. The van der Waals surface area contributed by atoms with Crippen molar-refractivity contribution in [3.05, 3.63) is 27.7 Å². The van der Waals surface area contributed by atoms with Gasteiger partial charge in [0.15, 0.2) is 0 Å². The Morgan fingerprint density at radius 1 is 1.41 bits per heavy atom. The number of nitrogens with one attached hydrogen (secondary N) is 1. The number of hydrogen-bond donors (Lipinski definition) is 1. The number of carbonyl (C=O) groups is 1. The Balaban J connectivity index is 1.76. The SMILES string of the molecule is Cc1cc(SCC(=O)NCC(C)N(C)C2CC2)c(C)cc1Br. The van der Waals surface area contributed by atoms with E-state index in [0.29, 0.717) is 11.8 Å². The van der Waals surface area contributed by atoms with Gasteiger partial charge in [-0.15, -0.1) is 11.8 Å².